The van der Waals surface area contributed by atoms with Crippen molar-refractivity contribution in [1.82, 2.24) is 10.2 Å². The molecule has 0 saturated heterocycles. The van der Waals surface area contributed by atoms with Gasteiger partial charge < -0.3 is 29.4 Å². The van der Waals surface area contributed by atoms with Gasteiger partial charge in [-0.2, -0.15) is 0 Å². The van der Waals surface area contributed by atoms with Crippen molar-refractivity contribution >= 4 is 42.5 Å². The maximum Gasteiger partial charge on any atom is 0.410 e. The highest BCUT2D eigenvalue weighted by molar-refractivity contribution is 6.99. The molecule has 0 spiro atoms. The van der Waals surface area contributed by atoms with Crippen LogP contribution in [0.25, 0.3) is 0 Å². The Hall–Kier alpha value is -4.41. The number of nitrogens with one attached hydrogen (secondary N) is 2. The summed E-state index contributed by atoms with van der Waals surface area (Å²) in [5, 5.41) is 7.52. The second kappa shape index (κ2) is 15.9. The molecule has 0 bridgehead atoms. The minimum absolute atomic E-state index is 0.0889. The van der Waals surface area contributed by atoms with Crippen molar-refractivity contribution in [2.45, 2.75) is 78.3 Å². The number of benzene rings is 3. The zero-order valence-corrected chi connectivity index (χ0v) is 29.9. The Bertz CT molecular complexity index is 1480. The van der Waals surface area contributed by atoms with E-state index in [1.54, 1.807) is 40.8 Å². The lowest BCUT2D eigenvalue weighted by molar-refractivity contribution is -0.117. The Morgan fingerprint density at radius 1 is 0.894 bits per heavy atom. The van der Waals surface area contributed by atoms with E-state index in [0.29, 0.717) is 5.69 Å². The van der Waals surface area contributed by atoms with E-state index in [-0.39, 0.29) is 24.8 Å². The van der Waals surface area contributed by atoms with Crippen LogP contribution < -0.4 is 21.0 Å². The summed E-state index contributed by atoms with van der Waals surface area (Å²) >= 11 is 0. The fourth-order valence-corrected chi connectivity index (χ4v) is 9.83. The van der Waals surface area contributed by atoms with Crippen molar-refractivity contribution in [3.05, 3.63) is 103 Å². The molecule has 0 aromatic heterocycles. The van der Waals surface area contributed by atoms with Crippen molar-refractivity contribution in [2.75, 3.05) is 19.0 Å². The first kappa shape index (κ1) is 37.0. The third kappa shape index (κ3) is 10.0. The molecule has 0 fully saturated rings. The van der Waals surface area contributed by atoms with Gasteiger partial charge in [-0.15, -0.1) is 0 Å². The molecule has 0 radical (unpaired) electrons. The summed E-state index contributed by atoms with van der Waals surface area (Å²) < 4.78 is 17.7. The lowest BCUT2D eigenvalue weighted by Gasteiger charge is -2.43. The second-order valence-corrected chi connectivity index (χ2v) is 17.8. The van der Waals surface area contributed by atoms with Crippen LogP contribution in [0.15, 0.2) is 91.5 Å². The summed E-state index contributed by atoms with van der Waals surface area (Å²) in [6.07, 6.45) is 0.321. The van der Waals surface area contributed by atoms with E-state index in [0.717, 1.165) is 21.5 Å². The highest BCUT2D eigenvalue weighted by atomic mass is 28.4. The number of alkyl carbamates (subject to hydrolysis) is 1. The van der Waals surface area contributed by atoms with E-state index in [4.69, 9.17) is 13.9 Å². The van der Waals surface area contributed by atoms with Gasteiger partial charge in [-0.3, -0.25) is 4.79 Å². The number of amides is 3. The number of anilines is 1. The van der Waals surface area contributed by atoms with Gasteiger partial charge in [0.1, 0.15) is 18.2 Å². The number of carbonyl (C=O) groups excluding carboxylic acids is 3. The number of nitrogens with zero attached hydrogens (tertiary/aromatic N) is 1. The van der Waals surface area contributed by atoms with Crippen molar-refractivity contribution in [2.24, 2.45) is 0 Å². The molecule has 0 aliphatic heterocycles. The average molecular weight is 660 g/mol. The minimum atomic E-state index is -2.86. The smallest absolute Gasteiger partial charge is 0.410 e. The van der Waals surface area contributed by atoms with Crippen LogP contribution in [0.3, 0.4) is 0 Å². The second-order valence-electron chi connectivity index (χ2n) is 13.5. The molecule has 3 aromatic rings. The SMILES string of the molecule is C=CCOC(=O)N(C)Cc1cc(NC(=O)[C@H](C)NC(=O)OC(C)(C)C)ccc1CO[Si](c1ccccc1)(c1ccccc1)C(C)(C)C. The molecule has 1 atom stereocenters. The Balaban J connectivity index is 1.98. The fourth-order valence-electron chi connectivity index (χ4n) is 5.30. The first-order valence-electron chi connectivity index (χ1n) is 15.7. The lowest BCUT2D eigenvalue weighted by Crippen LogP contribution is -2.66. The fraction of sp³-hybridized carbons (Fsp3) is 0.378. The molecule has 3 amide bonds. The van der Waals surface area contributed by atoms with Crippen molar-refractivity contribution in [1.29, 1.82) is 0 Å². The Kier molecular flexibility index (Phi) is 12.6. The third-order valence-electron chi connectivity index (χ3n) is 7.51. The molecule has 0 unspecified atom stereocenters. The van der Waals surface area contributed by atoms with Crippen molar-refractivity contribution in [3.8, 4) is 0 Å². The van der Waals surface area contributed by atoms with Gasteiger partial charge in [-0.25, -0.2) is 9.59 Å². The maximum atomic E-state index is 13.0. The number of hydrogen-bond acceptors (Lipinski definition) is 6. The van der Waals surface area contributed by atoms with E-state index < -0.39 is 38.1 Å². The summed E-state index contributed by atoms with van der Waals surface area (Å²) in [7, 11) is -1.21. The summed E-state index contributed by atoms with van der Waals surface area (Å²) in [5.74, 6) is -0.420. The molecule has 0 heterocycles. The number of rotatable bonds is 12. The number of ether oxygens (including phenoxy) is 2. The molecule has 47 heavy (non-hydrogen) atoms. The molecule has 0 saturated carbocycles. The van der Waals surface area contributed by atoms with E-state index in [1.807, 2.05) is 48.5 Å². The third-order valence-corrected chi connectivity index (χ3v) is 12.5. The van der Waals surface area contributed by atoms with Gasteiger partial charge in [0, 0.05) is 19.3 Å². The highest BCUT2D eigenvalue weighted by Crippen LogP contribution is 2.37. The monoisotopic (exact) mass is 659 g/mol. The maximum absolute atomic E-state index is 13.0. The van der Waals surface area contributed by atoms with Crippen LogP contribution in [-0.2, 0) is 31.8 Å². The van der Waals surface area contributed by atoms with Gasteiger partial charge >= 0.3 is 12.2 Å². The zero-order chi connectivity index (χ0) is 34.8. The van der Waals surface area contributed by atoms with Crippen molar-refractivity contribution in [3.63, 3.8) is 0 Å². The van der Waals surface area contributed by atoms with Gasteiger partial charge in [0.2, 0.25) is 5.91 Å². The number of hydrogen-bond donors (Lipinski definition) is 2. The van der Waals surface area contributed by atoms with Gasteiger partial charge in [0.25, 0.3) is 8.32 Å². The zero-order valence-electron chi connectivity index (χ0n) is 28.9. The van der Waals surface area contributed by atoms with E-state index >= 15 is 0 Å². The molecule has 9 nitrogen and oxygen atoms in total. The normalized spacial score (nSPS) is 12.4. The summed E-state index contributed by atoms with van der Waals surface area (Å²) in [6.45, 7) is 17.7. The van der Waals surface area contributed by atoms with Crippen molar-refractivity contribution < 1.29 is 28.3 Å². The van der Waals surface area contributed by atoms with E-state index in [2.05, 4.69) is 62.2 Å². The van der Waals surface area contributed by atoms with E-state index in [1.165, 1.54) is 11.0 Å². The Labute approximate surface area is 280 Å². The molecular weight excluding hydrogens is 611 g/mol. The highest BCUT2D eigenvalue weighted by Gasteiger charge is 2.50. The van der Waals surface area contributed by atoms with Crippen LogP contribution in [0.1, 0.15) is 59.6 Å². The predicted octanol–water partition coefficient (Wildman–Crippen LogP) is 6.37. The molecule has 3 rings (SSSR count). The standard InChI is InChI=1S/C37H49N3O6Si/c1-10-23-44-35(43)40(9)25-29-24-30(39-33(41)27(2)38-34(42)46-36(3,4)5)22-21-28(29)26-45-47(37(6,7)8,31-17-13-11-14-18-31)32-19-15-12-16-20-32/h10-22,24,27H,1,23,25-26H2,2-9H3,(H,38,42)(H,39,41)/t27-/m0/s1. The van der Waals surface area contributed by atoms with Gasteiger partial charge in [0.15, 0.2) is 0 Å². The molecule has 2 N–H and O–H groups in total. The van der Waals surface area contributed by atoms with Crippen LogP contribution in [0.4, 0.5) is 15.3 Å². The van der Waals surface area contributed by atoms with Crippen LogP contribution in [0, 0.1) is 0 Å². The summed E-state index contributed by atoms with van der Waals surface area (Å²) in [4.78, 5) is 39.4. The predicted molar refractivity (Wildman–Crippen MR) is 189 cm³/mol. The van der Waals surface area contributed by atoms with Gasteiger partial charge in [-0.05, 0) is 66.4 Å². The van der Waals surface area contributed by atoms with Crippen LogP contribution in [0.2, 0.25) is 5.04 Å². The quantitative estimate of drug-likeness (QED) is 0.173. The molecule has 0 aliphatic carbocycles. The van der Waals surface area contributed by atoms with Crippen LogP contribution in [-0.4, -0.2) is 56.6 Å². The summed E-state index contributed by atoms with van der Waals surface area (Å²) in [5.41, 5.74) is 1.44. The molecule has 0 aliphatic rings. The van der Waals surface area contributed by atoms with Crippen LogP contribution in [0.5, 0.6) is 0 Å². The van der Waals surface area contributed by atoms with Crippen LogP contribution >= 0.6 is 0 Å². The lowest BCUT2D eigenvalue weighted by atomic mass is 10.1. The first-order valence-corrected chi connectivity index (χ1v) is 17.6. The van der Waals surface area contributed by atoms with E-state index in [9.17, 15) is 14.4 Å². The number of carbonyl (C=O) groups is 3. The summed E-state index contributed by atoms with van der Waals surface area (Å²) in [6, 6.07) is 25.4. The Morgan fingerprint density at radius 2 is 1.47 bits per heavy atom. The topological polar surface area (TPSA) is 106 Å². The first-order chi connectivity index (χ1) is 22.1. The molecule has 3 aromatic carbocycles. The van der Waals surface area contributed by atoms with Gasteiger partial charge in [0.05, 0.1) is 6.61 Å². The average Bonchev–Trinajstić information content (AvgIpc) is 3.00. The largest absolute Gasteiger partial charge is 0.445 e. The molecule has 252 valence electrons. The molecular formula is C37H49N3O6Si. The molecule has 10 heteroatoms. The Morgan fingerprint density at radius 3 is 1.98 bits per heavy atom. The minimum Gasteiger partial charge on any atom is -0.445 e. The van der Waals surface area contributed by atoms with Gasteiger partial charge in [-0.1, -0.05) is 100 Å².